The van der Waals surface area contributed by atoms with E-state index in [0.29, 0.717) is 0 Å². The Morgan fingerprint density at radius 1 is 0.870 bits per heavy atom. The van der Waals surface area contributed by atoms with Crippen molar-refractivity contribution in [2.45, 2.75) is 53.4 Å². The zero-order valence-corrected chi connectivity index (χ0v) is 18.5. The van der Waals surface area contributed by atoms with Crippen LogP contribution in [0.25, 0.3) is 0 Å². The molecule has 0 amide bonds. The van der Waals surface area contributed by atoms with E-state index in [4.69, 9.17) is 17.0 Å². The number of allylic oxidation sites excluding steroid dienone is 8. The number of rotatable bonds is 0. The molecule has 0 heterocycles. The van der Waals surface area contributed by atoms with Gasteiger partial charge in [-0.25, -0.2) is 0 Å². The van der Waals surface area contributed by atoms with Crippen molar-refractivity contribution in [3.63, 3.8) is 0 Å². The monoisotopic (exact) mass is 426 g/mol. The van der Waals surface area contributed by atoms with E-state index in [9.17, 15) is 0 Å². The third kappa shape index (κ3) is 4.62. The molecule has 0 nitrogen and oxygen atoms in total. The summed E-state index contributed by atoms with van der Waals surface area (Å²) >= 11 is -0.826. The van der Waals surface area contributed by atoms with Gasteiger partial charge in [-0.1, -0.05) is 65.2 Å². The molecule has 4 rings (SSSR count). The van der Waals surface area contributed by atoms with Gasteiger partial charge in [0.1, 0.15) is 0 Å². The van der Waals surface area contributed by atoms with E-state index in [1.165, 1.54) is 36.8 Å². The molecule has 0 spiro atoms. The van der Waals surface area contributed by atoms with Crippen LogP contribution in [-0.4, -0.2) is 0 Å². The van der Waals surface area contributed by atoms with E-state index < -0.39 is 20.8 Å². The predicted octanol–water partition coefficient (Wildman–Crippen LogP) is 7.13. The van der Waals surface area contributed by atoms with Gasteiger partial charge < -0.3 is 0 Å². The van der Waals surface area contributed by atoms with Crippen LogP contribution in [0.5, 0.6) is 0 Å². The number of hydrogen-bond acceptors (Lipinski definition) is 0. The topological polar surface area (TPSA) is 0 Å². The van der Waals surface area contributed by atoms with Gasteiger partial charge in [0.05, 0.1) is 0 Å². The molecule has 0 bridgehead atoms. The fourth-order valence-electron chi connectivity index (χ4n) is 4.18. The van der Waals surface area contributed by atoms with Crippen LogP contribution in [0.4, 0.5) is 0 Å². The second-order valence-electron chi connectivity index (χ2n) is 6.71. The van der Waals surface area contributed by atoms with E-state index in [2.05, 4.69) is 52.7 Å². The van der Waals surface area contributed by atoms with Gasteiger partial charge in [0, 0.05) is 0 Å². The Balaban J connectivity index is 0.000000143. The summed E-state index contributed by atoms with van der Waals surface area (Å²) in [6.45, 7) is 9.04. The van der Waals surface area contributed by atoms with Gasteiger partial charge in [-0.05, 0) is 0 Å². The van der Waals surface area contributed by atoms with Crippen LogP contribution >= 0.6 is 17.0 Å². The molecular weight excluding hydrogens is 402 g/mol. The number of hydrogen-bond donors (Lipinski definition) is 0. The summed E-state index contributed by atoms with van der Waals surface area (Å²) in [4.78, 5) is 0. The third-order valence-corrected chi connectivity index (χ3v) is 5.17. The molecule has 2 unspecified atom stereocenters. The van der Waals surface area contributed by atoms with Crippen molar-refractivity contribution in [3.8, 4) is 0 Å². The first kappa shape index (κ1) is 19.5. The predicted molar refractivity (Wildman–Crippen MR) is 98.7 cm³/mol. The average molecular weight is 429 g/mol. The van der Waals surface area contributed by atoms with Gasteiger partial charge in [-0.3, -0.25) is 0 Å². The Morgan fingerprint density at radius 3 is 1.52 bits per heavy atom. The maximum absolute atomic E-state index is 4.93. The Kier molecular flexibility index (Phi) is 7.65. The van der Waals surface area contributed by atoms with Crippen LogP contribution in [0.1, 0.15) is 53.4 Å². The van der Waals surface area contributed by atoms with Gasteiger partial charge >= 0.3 is 37.9 Å². The van der Waals surface area contributed by atoms with E-state index in [1.807, 2.05) is 0 Å². The van der Waals surface area contributed by atoms with Crippen molar-refractivity contribution in [3.05, 3.63) is 58.4 Å². The molecule has 0 aromatic heterocycles. The second kappa shape index (κ2) is 9.03. The summed E-state index contributed by atoms with van der Waals surface area (Å²) in [5.74, 6) is 1.46. The van der Waals surface area contributed by atoms with E-state index in [0.717, 1.165) is 11.8 Å². The molecule has 0 aromatic rings. The summed E-state index contributed by atoms with van der Waals surface area (Å²) in [6.07, 6.45) is 14.7. The van der Waals surface area contributed by atoms with Crippen LogP contribution in [0.3, 0.4) is 0 Å². The van der Waals surface area contributed by atoms with Gasteiger partial charge in [0.25, 0.3) is 0 Å². The molecule has 4 aliphatic rings. The van der Waals surface area contributed by atoms with E-state index >= 15 is 0 Å². The summed E-state index contributed by atoms with van der Waals surface area (Å²) in [7, 11) is 9.87. The van der Waals surface area contributed by atoms with Crippen LogP contribution in [0, 0.1) is 24.7 Å². The minimum atomic E-state index is -0.826. The van der Waals surface area contributed by atoms with Crippen molar-refractivity contribution in [1.82, 2.24) is 0 Å². The molecule has 0 radical (unpaired) electrons. The van der Waals surface area contributed by atoms with Crippen LogP contribution in [0.15, 0.2) is 45.6 Å². The summed E-state index contributed by atoms with van der Waals surface area (Å²) in [5.41, 5.74) is 9.48. The average Bonchev–Trinajstić information content (AvgIpc) is 3.23. The quantitative estimate of drug-likeness (QED) is 0.360. The molecule has 23 heavy (non-hydrogen) atoms. The van der Waals surface area contributed by atoms with E-state index in [1.54, 1.807) is 22.3 Å². The molecule has 124 valence electrons. The van der Waals surface area contributed by atoms with Gasteiger partial charge in [-0.15, -0.1) is 12.2 Å². The Hall–Kier alpha value is 0.163. The second-order valence-corrected chi connectivity index (χ2v) is 10.4. The minimum absolute atomic E-state index is 0.730. The molecule has 0 aliphatic heterocycles. The van der Waals surface area contributed by atoms with Crippen molar-refractivity contribution in [2.75, 3.05) is 0 Å². The molecule has 0 fully saturated rings. The molecule has 0 saturated heterocycles. The van der Waals surface area contributed by atoms with Crippen molar-refractivity contribution < 1.29 is 20.8 Å². The number of halogens is 2. The fourth-order valence-corrected chi connectivity index (χ4v) is 4.18. The molecule has 0 aromatic carbocycles. The Bertz CT molecular complexity index is 516. The molecule has 0 N–H and O–H groups in total. The SMILES string of the molecule is CC1=CC(C)C2=C1[CH-]CC2.CC1=CC(C)C2=C1[CH-]CC2.[Cl][Zr+2][Cl]. The van der Waals surface area contributed by atoms with Crippen molar-refractivity contribution >= 4 is 17.0 Å². The van der Waals surface area contributed by atoms with Gasteiger partial charge in [-0.2, -0.15) is 46.3 Å². The van der Waals surface area contributed by atoms with E-state index in [-0.39, 0.29) is 0 Å². The summed E-state index contributed by atoms with van der Waals surface area (Å²) in [6, 6.07) is 0. The van der Waals surface area contributed by atoms with Crippen molar-refractivity contribution in [2.24, 2.45) is 11.8 Å². The molecule has 2 atom stereocenters. The molecular formula is C20H26Cl2Zr. The molecule has 4 aliphatic carbocycles. The normalized spacial score (nSPS) is 26.7. The van der Waals surface area contributed by atoms with Gasteiger partial charge in [0.2, 0.25) is 0 Å². The van der Waals surface area contributed by atoms with Gasteiger partial charge in [0.15, 0.2) is 0 Å². The Labute approximate surface area is 160 Å². The summed E-state index contributed by atoms with van der Waals surface area (Å²) < 4.78 is 0. The third-order valence-electron chi connectivity index (χ3n) is 5.17. The molecule has 0 saturated carbocycles. The maximum atomic E-state index is 4.93. The van der Waals surface area contributed by atoms with Crippen LogP contribution in [0.2, 0.25) is 0 Å². The first-order valence-corrected chi connectivity index (χ1v) is 14.8. The Morgan fingerprint density at radius 2 is 1.22 bits per heavy atom. The first-order chi connectivity index (χ1) is 11.0. The summed E-state index contributed by atoms with van der Waals surface area (Å²) in [5, 5.41) is 0. The zero-order chi connectivity index (χ0) is 17.0. The van der Waals surface area contributed by atoms with Crippen LogP contribution < -0.4 is 0 Å². The standard InChI is InChI=1S/2C10H13.2ClH.Zr/c2*1-7-6-8(2)10-5-3-4-9(7)10;;;/h2*4,6,8H,3,5H2,1-2H3;2*1H;/q2*-1;;;+4/p-2. The zero-order valence-electron chi connectivity index (χ0n) is 14.5. The van der Waals surface area contributed by atoms with Crippen molar-refractivity contribution in [1.29, 1.82) is 0 Å². The van der Waals surface area contributed by atoms with Crippen LogP contribution in [-0.2, 0) is 20.8 Å². The first-order valence-electron chi connectivity index (χ1n) is 8.45. The molecule has 3 heteroatoms. The fraction of sp³-hybridized carbons (Fsp3) is 0.500.